The van der Waals surface area contributed by atoms with Crippen molar-refractivity contribution in [2.75, 3.05) is 5.75 Å². The smallest absolute Gasteiger partial charge is 0.0110 e. The fraction of sp³-hybridized carbons (Fsp3) is 0.538. The van der Waals surface area contributed by atoms with Gasteiger partial charge in [0.2, 0.25) is 0 Å². The largest absolute Gasteiger partial charge is 0.126 e. The second kappa shape index (κ2) is 3.30. The van der Waals surface area contributed by atoms with Gasteiger partial charge in [0.25, 0.3) is 0 Å². The highest BCUT2D eigenvalue weighted by Crippen LogP contribution is 2.50. The van der Waals surface area contributed by atoms with Gasteiger partial charge in [-0.25, -0.2) is 0 Å². The molecule has 0 spiro atoms. The summed E-state index contributed by atoms with van der Waals surface area (Å²) >= 11 is 2.05. The van der Waals surface area contributed by atoms with E-state index in [4.69, 9.17) is 0 Å². The minimum Gasteiger partial charge on any atom is -0.126 e. The van der Waals surface area contributed by atoms with Crippen LogP contribution in [0.1, 0.15) is 36.3 Å². The molecular formula is C13H16S. The van der Waals surface area contributed by atoms with Gasteiger partial charge in [-0.3, -0.25) is 0 Å². The van der Waals surface area contributed by atoms with Crippen molar-refractivity contribution < 1.29 is 0 Å². The van der Waals surface area contributed by atoms with Crippen LogP contribution in [0.4, 0.5) is 0 Å². The van der Waals surface area contributed by atoms with E-state index in [1.54, 1.807) is 10.5 Å². The molecule has 1 aromatic rings. The van der Waals surface area contributed by atoms with Gasteiger partial charge in [0.1, 0.15) is 0 Å². The molecule has 1 fully saturated rings. The summed E-state index contributed by atoms with van der Waals surface area (Å²) in [4.78, 5) is 1.56. The molecule has 1 atom stereocenters. The zero-order valence-corrected chi connectivity index (χ0v) is 9.44. The van der Waals surface area contributed by atoms with Crippen molar-refractivity contribution >= 4 is 11.8 Å². The standard InChI is InChI=1S/C13H16S/c1-9-2-5-12-11(10-3-4-10)6-7-14-13(12)8-9/h2,5,8,10-11H,3-4,6-7H2,1H3. The van der Waals surface area contributed by atoms with E-state index in [-0.39, 0.29) is 0 Å². The van der Waals surface area contributed by atoms with Gasteiger partial charge in [0.15, 0.2) is 0 Å². The van der Waals surface area contributed by atoms with Crippen LogP contribution in [0.3, 0.4) is 0 Å². The summed E-state index contributed by atoms with van der Waals surface area (Å²) in [7, 11) is 0. The van der Waals surface area contributed by atoms with Crippen molar-refractivity contribution in [1.82, 2.24) is 0 Å². The fourth-order valence-corrected chi connectivity index (χ4v) is 3.76. The zero-order valence-electron chi connectivity index (χ0n) is 8.62. The Kier molecular flexibility index (Phi) is 2.09. The average molecular weight is 204 g/mol. The highest BCUT2D eigenvalue weighted by molar-refractivity contribution is 7.99. The molecule has 0 bridgehead atoms. The molecule has 3 rings (SSSR count). The number of hydrogen-bond acceptors (Lipinski definition) is 1. The Morgan fingerprint density at radius 3 is 2.86 bits per heavy atom. The fourth-order valence-electron chi connectivity index (χ4n) is 2.51. The van der Waals surface area contributed by atoms with Crippen molar-refractivity contribution in [3.05, 3.63) is 29.3 Å². The van der Waals surface area contributed by atoms with Gasteiger partial charge in [-0.05, 0) is 55.4 Å². The number of thioether (sulfide) groups is 1. The number of benzene rings is 1. The second-order valence-electron chi connectivity index (χ2n) is 4.62. The third-order valence-corrected chi connectivity index (χ3v) is 4.55. The lowest BCUT2D eigenvalue weighted by Gasteiger charge is -2.25. The molecule has 0 N–H and O–H groups in total. The first-order valence-electron chi connectivity index (χ1n) is 5.58. The summed E-state index contributed by atoms with van der Waals surface area (Å²) in [5.74, 6) is 3.25. The number of aryl methyl sites for hydroxylation is 1. The van der Waals surface area contributed by atoms with Crippen LogP contribution in [0.5, 0.6) is 0 Å². The minimum absolute atomic E-state index is 0.895. The molecule has 0 saturated heterocycles. The van der Waals surface area contributed by atoms with Crippen LogP contribution in [0.2, 0.25) is 0 Å². The maximum atomic E-state index is 2.37. The van der Waals surface area contributed by atoms with Gasteiger partial charge in [-0.15, -0.1) is 11.8 Å². The van der Waals surface area contributed by atoms with Gasteiger partial charge in [0, 0.05) is 4.90 Å². The van der Waals surface area contributed by atoms with Crippen molar-refractivity contribution in [2.24, 2.45) is 5.92 Å². The Balaban J connectivity index is 2.01. The van der Waals surface area contributed by atoms with E-state index in [9.17, 15) is 0 Å². The van der Waals surface area contributed by atoms with Gasteiger partial charge >= 0.3 is 0 Å². The summed E-state index contributed by atoms with van der Waals surface area (Å²) in [6, 6.07) is 7.02. The predicted octanol–water partition coefficient (Wildman–Crippen LogP) is 3.98. The van der Waals surface area contributed by atoms with Gasteiger partial charge in [0.05, 0.1) is 0 Å². The molecular weight excluding hydrogens is 188 g/mol. The number of rotatable bonds is 1. The quantitative estimate of drug-likeness (QED) is 0.666. The summed E-state index contributed by atoms with van der Waals surface area (Å²) in [6.07, 6.45) is 4.36. The van der Waals surface area contributed by atoms with E-state index in [0.717, 1.165) is 11.8 Å². The van der Waals surface area contributed by atoms with Crippen LogP contribution in [-0.2, 0) is 0 Å². The van der Waals surface area contributed by atoms with E-state index in [1.165, 1.54) is 30.6 Å². The van der Waals surface area contributed by atoms with Crippen LogP contribution in [0.15, 0.2) is 23.1 Å². The lowest BCUT2D eigenvalue weighted by Crippen LogP contribution is -2.09. The molecule has 0 nitrogen and oxygen atoms in total. The Labute approximate surface area is 90.1 Å². The first-order chi connectivity index (χ1) is 6.84. The summed E-state index contributed by atoms with van der Waals surface area (Å²) in [5, 5.41) is 0. The maximum Gasteiger partial charge on any atom is 0.0110 e. The Hall–Kier alpha value is -0.430. The normalized spacial score (nSPS) is 25.9. The van der Waals surface area contributed by atoms with E-state index >= 15 is 0 Å². The van der Waals surface area contributed by atoms with Crippen molar-refractivity contribution in [2.45, 2.75) is 37.0 Å². The molecule has 1 heteroatoms. The highest BCUT2D eigenvalue weighted by Gasteiger charge is 2.34. The topological polar surface area (TPSA) is 0 Å². The molecule has 1 aliphatic heterocycles. The zero-order chi connectivity index (χ0) is 9.54. The van der Waals surface area contributed by atoms with Crippen LogP contribution in [0.25, 0.3) is 0 Å². The minimum atomic E-state index is 0.895. The van der Waals surface area contributed by atoms with Gasteiger partial charge in [-0.2, -0.15) is 0 Å². The lowest BCUT2D eigenvalue weighted by molar-refractivity contribution is 0.574. The highest BCUT2D eigenvalue weighted by atomic mass is 32.2. The van der Waals surface area contributed by atoms with Crippen LogP contribution in [0, 0.1) is 12.8 Å². The molecule has 1 aliphatic carbocycles. The molecule has 0 amide bonds. The predicted molar refractivity (Wildman–Crippen MR) is 62.0 cm³/mol. The third kappa shape index (κ3) is 1.48. The Morgan fingerprint density at radius 1 is 1.21 bits per heavy atom. The van der Waals surface area contributed by atoms with Crippen LogP contribution < -0.4 is 0 Å². The van der Waals surface area contributed by atoms with Crippen molar-refractivity contribution in [3.63, 3.8) is 0 Å². The van der Waals surface area contributed by atoms with E-state index in [1.807, 2.05) is 0 Å². The molecule has 1 unspecified atom stereocenters. The van der Waals surface area contributed by atoms with E-state index < -0.39 is 0 Å². The van der Waals surface area contributed by atoms with Gasteiger partial charge in [-0.1, -0.05) is 17.7 Å². The first-order valence-corrected chi connectivity index (χ1v) is 6.56. The Bertz CT molecular complexity index is 352. The average Bonchev–Trinajstić information content (AvgIpc) is 2.99. The molecule has 1 heterocycles. The molecule has 2 aliphatic rings. The molecule has 14 heavy (non-hydrogen) atoms. The van der Waals surface area contributed by atoms with Crippen molar-refractivity contribution in [3.8, 4) is 0 Å². The van der Waals surface area contributed by atoms with E-state index in [2.05, 4.69) is 36.9 Å². The first kappa shape index (κ1) is 8.84. The number of fused-ring (bicyclic) bond motifs is 1. The molecule has 1 saturated carbocycles. The van der Waals surface area contributed by atoms with Crippen LogP contribution in [-0.4, -0.2) is 5.75 Å². The Morgan fingerprint density at radius 2 is 2.07 bits per heavy atom. The molecule has 0 aromatic heterocycles. The monoisotopic (exact) mass is 204 g/mol. The summed E-state index contributed by atoms with van der Waals surface area (Å²) < 4.78 is 0. The summed E-state index contributed by atoms with van der Waals surface area (Å²) in [6.45, 7) is 2.20. The maximum absolute atomic E-state index is 2.37. The summed E-state index contributed by atoms with van der Waals surface area (Å²) in [5.41, 5.74) is 3.06. The molecule has 0 radical (unpaired) electrons. The third-order valence-electron chi connectivity index (χ3n) is 3.45. The second-order valence-corrected chi connectivity index (χ2v) is 5.76. The van der Waals surface area contributed by atoms with E-state index in [0.29, 0.717) is 0 Å². The SMILES string of the molecule is Cc1ccc2c(c1)SCCC2C1CC1. The van der Waals surface area contributed by atoms with Gasteiger partial charge < -0.3 is 0 Å². The van der Waals surface area contributed by atoms with Crippen LogP contribution >= 0.6 is 11.8 Å². The number of hydrogen-bond donors (Lipinski definition) is 0. The lowest BCUT2D eigenvalue weighted by atomic mass is 9.91. The van der Waals surface area contributed by atoms with Crippen molar-refractivity contribution in [1.29, 1.82) is 0 Å². The molecule has 1 aromatic carbocycles. The molecule has 74 valence electrons.